The van der Waals surface area contributed by atoms with Crippen LogP contribution < -0.4 is 4.90 Å². The summed E-state index contributed by atoms with van der Waals surface area (Å²) in [5.74, 6) is 1.77. The molecule has 2 heterocycles. The third-order valence-corrected chi connectivity index (χ3v) is 5.69. The predicted octanol–water partition coefficient (Wildman–Crippen LogP) is 4.01. The molecule has 27 heavy (non-hydrogen) atoms. The Morgan fingerprint density at radius 1 is 0.889 bits per heavy atom. The zero-order valence-electron chi connectivity index (χ0n) is 15.8. The fraction of sp³-hybridized carbons (Fsp3) is 0.333. The summed E-state index contributed by atoms with van der Waals surface area (Å²) in [5, 5.41) is 9.96. The second kappa shape index (κ2) is 8.15. The van der Waals surface area contributed by atoms with Crippen molar-refractivity contribution in [2.24, 2.45) is 0 Å². The van der Waals surface area contributed by atoms with Crippen LogP contribution in [-0.2, 0) is 10.5 Å². The highest BCUT2D eigenvalue weighted by atomic mass is 32.2. The Morgan fingerprint density at radius 3 is 2.19 bits per heavy atom. The number of benzene rings is 2. The van der Waals surface area contributed by atoms with Crippen molar-refractivity contribution in [1.29, 1.82) is 0 Å². The van der Waals surface area contributed by atoms with Gasteiger partial charge >= 0.3 is 0 Å². The van der Waals surface area contributed by atoms with Crippen LogP contribution in [0.15, 0.2) is 53.7 Å². The SMILES string of the molecule is Cc1ccc(CSc2nnc(N3CCOCC3)n2-c2ccc(C)cc2)cc1. The van der Waals surface area contributed by atoms with E-state index in [1.165, 1.54) is 16.7 Å². The lowest BCUT2D eigenvalue weighted by Gasteiger charge is -2.28. The highest BCUT2D eigenvalue weighted by Gasteiger charge is 2.21. The zero-order valence-corrected chi connectivity index (χ0v) is 16.6. The molecule has 1 fully saturated rings. The molecule has 0 amide bonds. The Hall–Kier alpha value is -2.31. The van der Waals surface area contributed by atoms with Gasteiger partial charge in [-0.2, -0.15) is 0 Å². The van der Waals surface area contributed by atoms with Crippen LogP contribution in [0.25, 0.3) is 5.69 Å². The molecular weight excluding hydrogens is 356 g/mol. The largest absolute Gasteiger partial charge is 0.378 e. The van der Waals surface area contributed by atoms with Crippen molar-refractivity contribution >= 4 is 17.7 Å². The molecule has 0 saturated carbocycles. The van der Waals surface area contributed by atoms with Gasteiger partial charge in [-0.1, -0.05) is 59.3 Å². The van der Waals surface area contributed by atoms with Gasteiger partial charge in [0.15, 0.2) is 5.16 Å². The summed E-state index contributed by atoms with van der Waals surface area (Å²) in [7, 11) is 0. The molecule has 0 N–H and O–H groups in total. The maximum Gasteiger partial charge on any atom is 0.232 e. The van der Waals surface area contributed by atoms with Gasteiger partial charge in [-0.15, -0.1) is 10.2 Å². The summed E-state index contributed by atoms with van der Waals surface area (Å²) in [4.78, 5) is 2.26. The first kappa shape index (κ1) is 18.1. The normalized spacial score (nSPS) is 14.5. The van der Waals surface area contributed by atoms with Gasteiger partial charge in [0, 0.05) is 18.8 Å². The Labute approximate surface area is 164 Å². The van der Waals surface area contributed by atoms with E-state index < -0.39 is 0 Å². The van der Waals surface area contributed by atoms with Crippen LogP contribution in [0.1, 0.15) is 16.7 Å². The second-order valence-corrected chi connectivity index (χ2v) is 7.77. The van der Waals surface area contributed by atoms with E-state index >= 15 is 0 Å². The molecule has 1 aromatic heterocycles. The van der Waals surface area contributed by atoms with Gasteiger partial charge < -0.3 is 9.64 Å². The number of ether oxygens (including phenoxy) is 1. The van der Waals surface area contributed by atoms with E-state index in [9.17, 15) is 0 Å². The maximum absolute atomic E-state index is 5.50. The average molecular weight is 381 g/mol. The Bertz CT molecular complexity index is 884. The molecule has 0 unspecified atom stereocenters. The number of aromatic nitrogens is 3. The first-order valence-electron chi connectivity index (χ1n) is 9.24. The van der Waals surface area contributed by atoms with E-state index in [2.05, 4.69) is 82.0 Å². The number of nitrogens with zero attached hydrogens (tertiary/aromatic N) is 4. The number of rotatable bonds is 5. The van der Waals surface area contributed by atoms with Crippen LogP contribution in [0.2, 0.25) is 0 Å². The molecular formula is C21H24N4OS. The first-order chi connectivity index (χ1) is 13.2. The fourth-order valence-corrected chi connectivity index (χ4v) is 3.98. The molecule has 0 bridgehead atoms. The average Bonchev–Trinajstić information content (AvgIpc) is 3.13. The molecule has 1 aliphatic rings. The fourth-order valence-electron chi connectivity index (χ4n) is 3.08. The van der Waals surface area contributed by atoms with Gasteiger partial charge in [0.1, 0.15) is 0 Å². The van der Waals surface area contributed by atoms with Crippen molar-refractivity contribution in [3.8, 4) is 5.69 Å². The highest BCUT2D eigenvalue weighted by Crippen LogP contribution is 2.29. The molecule has 1 saturated heterocycles. The summed E-state index contributed by atoms with van der Waals surface area (Å²) in [5.41, 5.74) is 4.91. The van der Waals surface area contributed by atoms with Crippen molar-refractivity contribution in [1.82, 2.24) is 14.8 Å². The summed E-state index contributed by atoms with van der Waals surface area (Å²) in [6.07, 6.45) is 0. The maximum atomic E-state index is 5.50. The van der Waals surface area contributed by atoms with Crippen molar-refractivity contribution in [2.45, 2.75) is 24.8 Å². The Kier molecular flexibility index (Phi) is 5.45. The van der Waals surface area contributed by atoms with E-state index in [1.807, 2.05) is 0 Å². The molecule has 1 aliphatic heterocycles. The van der Waals surface area contributed by atoms with Gasteiger partial charge in [-0.3, -0.25) is 4.57 Å². The minimum atomic E-state index is 0.729. The molecule has 2 aromatic carbocycles. The van der Waals surface area contributed by atoms with Crippen molar-refractivity contribution < 1.29 is 4.74 Å². The van der Waals surface area contributed by atoms with Gasteiger partial charge in [0.25, 0.3) is 0 Å². The van der Waals surface area contributed by atoms with E-state index in [0.717, 1.165) is 48.8 Å². The minimum absolute atomic E-state index is 0.729. The van der Waals surface area contributed by atoms with Gasteiger partial charge in [-0.05, 0) is 31.5 Å². The van der Waals surface area contributed by atoms with E-state index in [0.29, 0.717) is 0 Å². The number of anilines is 1. The van der Waals surface area contributed by atoms with Gasteiger partial charge in [0.05, 0.1) is 18.9 Å². The molecule has 0 spiro atoms. The monoisotopic (exact) mass is 380 g/mol. The third-order valence-electron chi connectivity index (χ3n) is 4.69. The third kappa shape index (κ3) is 4.17. The van der Waals surface area contributed by atoms with Crippen molar-refractivity contribution in [3.05, 3.63) is 65.2 Å². The van der Waals surface area contributed by atoms with Crippen LogP contribution in [-0.4, -0.2) is 41.1 Å². The van der Waals surface area contributed by atoms with E-state index in [1.54, 1.807) is 11.8 Å². The van der Waals surface area contributed by atoms with Crippen molar-refractivity contribution in [2.75, 3.05) is 31.2 Å². The van der Waals surface area contributed by atoms with Crippen LogP contribution in [0, 0.1) is 13.8 Å². The lowest BCUT2D eigenvalue weighted by Crippen LogP contribution is -2.37. The smallest absolute Gasteiger partial charge is 0.232 e. The molecule has 3 aromatic rings. The van der Waals surface area contributed by atoms with Crippen molar-refractivity contribution in [3.63, 3.8) is 0 Å². The molecule has 6 heteroatoms. The quantitative estimate of drug-likeness (QED) is 0.626. The zero-order chi connectivity index (χ0) is 18.6. The number of hydrogen-bond acceptors (Lipinski definition) is 5. The highest BCUT2D eigenvalue weighted by molar-refractivity contribution is 7.98. The van der Waals surface area contributed by atoms with E-state index in [-0.39, 0.29) is 0 Å². The topological polar surface area (TPSA) is 43.2 Å². The molecule has 5 nitrogen and oxygen atoms in total. The standard InChI is InChI=1S/C21H24N4OS/c1-16-3-7-18(8-4-16)15-27-21-23-22-20(24-11-13-26-14-12-24)25(21)19-9-5-17(2)6-10-19/h3-10H,11-15H2,1-2H3. The minimum Gasteiger partial charge on any atom is -0.378 e. The molecule has 140 valence electrons. The van der Waals surface area contributed by atoms with Crippen LogP contribution in [0.3, 0.4) is 0 Å². The summed E-state index contributed by atoms with van der Waals surface area (Å²) < 4.78 is 7.67. The molecule has 0 atom stereocenters. The molecule has 0 aliphatic carbocycles. The lowest BCUT2D eigenvalue weighted by atomic mass is 10.2. The number of aryl methyl sites for hydroxylation is 2. The Balaban J connectivity index is 1.64. The molecule has 0 radical (unpaired) electrons. The van der Waals surface area contributed by atoms with Crippen LogP contribution in [0.5, 0.6) is 0 Å². The second-order valence-electron chi connectivity index (χ2n) is 6.83. The number of morpholine rings is 1. The predicted molar refractivity (Wildman–Crippen MR) is 110 cm³/mol. The lowest BCUT2D eigenvalue weighted by molar-refractivity contribution is 0.122. The van der Waals surface area contributed by atoms with Crippen LogP contribution in [0.4, 0.5) is 5.95 Å². The van der Waals surface area contributed by atoms with Gasteiger partial charge in [0.2, 0.25) is 5.95 Å². The van der Waals surface area contributed by atoms with Gasteiger partial charge in [-0.25, -0.2) is 0 Å². The van der Waals surface area contributed by atoms with Crippen LogP contribution >= 0.6 is 11.8 Å². The number of hydrogen-bond donors (Lipinski definition) is 0. The number of thioether (sulfide) groups is 1. The summed E-state index contributed by atoms with van der Waals surface area (Å²) >= 11 is 1.72. The summed E-state index contributed by atoms with van der Waals surface area (Å²) in [6, 6.07) is 17.2. The first-order valence-corrected chi connectivity index (χ1v) is 10.2. The molecule has 4 rings (SSSR count). The van der Waals surface area contributed by atoms with E-state index in [4.69, 9.17) is 4.74 Å². The Morgan fingerprint density at radius 2 is 1.52 bits per heavy atom. The summed E-state index contributed by atoms with van der Waals surface area (Å²) in [6.45, 7) is 7.35.